The highest BCUT2D eigenvalue weighted by Gasteiger charge is 2.30. The Labute approximate surface area is 106 Å². The van der Waals surface area contributed by atoms with Crippen molar-refractivity contribution >= 4 is 6.47 Å². The van der Waals surface area contributed by atoms with E-state index in [1.54, 1.807) is 6.92 Å². The Hall–Kier alpha value is -2.31. The van der Waals surface area contributed by atoms with Crippen LogP contribution in [0.4, 0.5) is 13.2 Å². The van der Waals surface area contributed by atoms with Crippen LogP contribution in [-0.2, 0) is 11.0 Å². The van der Waals surface area contributed by atoms with Gasteiger partial charge in [0.1, 0.15) is 0 Å². The van der Waals surface area contributed by atoms with E-state index in [9.17, 15) is 18.0 Å². The number of carbonyl (C=O) groups excluding carboxylic acids is 1. The van der Waals surface area contributed by atoms with E-state index in [0.717, 1.165) is 12.1 Å². The molecular formula is C12H9F3N2O2. The van der Waals surface area contributed by atoms with Crippen LogP contribution < -0.4 is 4.74 Å². The van der Waals surface area contributed by atoms with Gasteiger partial charge in [0.25, 0.3) is 6.47 Å². The van der Waals surface area contributed by atoms with Crippen LogP contribution in [0.25, 0.3) is 5.69 Å². The molecule has 0 unspecified atom stereocenters. The standard InChI is InChI=1S/C12H9F3N2O2/c1-8-11(19-7-18)6-16-17(8)10-4-2-9(3-5-10)12(13,14)15/h2-7H,1H3. The zero-order valence-electron chi connectivity index (χ0n) is 9.81. The van der Waals surface area contributed by atoms with Gasteiger partial charge in [-0.15, -0.1) is 0 Å². The summed E-state index contributed by atoms with van der Waals surface area (Å²) in [6, 6.07) is 4.54. The summed E-state index contributed by atoms with van der Waals surface area (Å²) >= 11 is 0. The molecule has 2 aromatic rings. The fourth-order valence-corrected chi connectivity index (χ4v) is 1.61. The molecule has 0 amide bonds. The summed E-state index contributed by atoms with van der Waals surface area (Å²) in [6.45, 7) is 1.91. The molecule has 0 spiro atoms. The van der Waals surface area contributed by atoms with Gasteiger partial charge >= 0.3 is 6.18 Å². The summed E-state index contributed by atoms with van der Waals surface area (Å²) in [7, 11) is 0. The Morgan fingerprint density at radius 3 is 2.42 bits per heavy atom. The summed E-state index contributed by atoms with van der Waals surface area (Å²) in [6.07, 6.45) is -3.05. The molecule has 2 rings (SSSR count). The van der Waals surface area contributed by atoms with Crippen molar-refractivity contribution in [3.05, 3.63) is 41.7 Å². The Balaban J connectivity index is 2.35. The van der Waals surface area contributed by atoms with E-state index in [4.69, 9.17) is 0 Å². The molecular weight excluding hydrogens is 261 g/mol. The largest absolute Gasteiger partial charge is 0.425 e. The molecule has 7 heteroatoms. The molecule has 100 valence electrons. The third kappa shape index (κ3) is 2.59. The molecule has 19 heavy (non-hydrogen) atoms. The maximum atomic E-state index is 12.4. The Kier molecular flexibility index (Phi) is 3.28. The average Bonchev–Trinajstić information content (AvgIpc) is 2.71. The summed E-state index contributed by atoms with van der Waals surface area (Å²) in [5.41, 5.74) is 0.239. The van der Waals surface area contributed by atoms with Gasteiger partial charge in [0.15, 0.2) is 5.75 Å². The lowest BCUT2D eigenvalue weighted by Crippen LogP contribution is -2.05. The van der Waals surface area contributed by atoms with E-state index >= 15 is 0 Å². The normalized spacial score (nSPS) is 11.4. The van der Waals surface area contributed by atoms with E-state index in [0.29, 0.717) is 11.4 Å². The summed E-state index contributed by atoms with van der Waals surface area (Å²) in [4.78, 5) is 10.2. The third-order valence-electron chi connectivity index (χ3n) is 2.58. The number of rotatable bonds is 3. The number of nitrogens with zero attached hydrogens (tertiary/aromatic N) is 2. The number of benzene rings is 1. The van der Waals surface area contributed by atoms with Crippen LogP contribution in [0.3, 0.4) is 0 Å². The lowest BCUT2D eigenvalue weighted by Gasteiger charge is -2.08. The Morgan fingerprint density at radius 1 is 1.26 bits per heavy atom. The van der Waals surface area contributed by atoms with Crippen molar-refractivity contribution in [2.24, 2.45) is 0 Å². The summed E-state index contributed by atoms with van der Waals surface area (Å²) in [5.74, 6) is 0.259. The molecule has 0 atom stereocenters. The van der Waals surface area contributed by atoms with Crippen molar-refractivity contribution in [2.75, 3.05) is 0 Å². The van der Waals surface area contributed by atoms with Gasteiger partial charge < -0.3 is 4.74 Å². The van der Waals surface area contributed by atoms with Crippen molar-refractivity contribution in [1.29, 1.82) is 0 Å². The van der Waals surface area contributed by atoms with Crippen LogP contribution >= 0.6 is 0 Å². The minimum atomic E-state index is -4.37. The average molecular weight is 270 g/mol. The Morgan fingerprint density at radius 2 is 1.89 bits per heavy atom. The van der Waals surface area contributed by atoms with Crippen molar-refractivity contribution in [3.63, 3.8) is 0 Å². The lowest BCUT2D eigenvalue weighted by atomic mass is 10.2. The first-order valence-electron chi connectivity index (χ1n) is 5.26. The van der Waals surface area contributed by atoms with Gasteiger partial charge in [0.05, 0.1) is 23.1 Å². The van der Waals surface area contributed by atoms with E-state index in [1.165, 1.54) is 23.0 Å². The van der Waals surface area contributed by atoms with Crippen LogP contribution in [0, 0.1) is 6.92 Å². The first kappa shape index (κ1) is 13.1. The first-order chi connectivity index (χ1) is 8.93. The SMILES string of the molecule is Cc1c(OC=O)cnn1-c1ccc(C(F)(F)F)cc1. The second-order valence-corrected chi connectivity index (χ2v) is 3.76. The van der Waals surface area contributed by atoms with Gasteiger partial charge in [-0.05, 0) is 31.2 Å². The predicted molar refractivity (Wildman–Crippen MR) is 60.0 cm³/mol. The van der Waals surface area contributed by atoms with Crippen LogP contribution in [0.15, 0.2) is 30.5 Å². The molecule has 1 aromatic heterocycles. The maximum Gasteiger partial charge on any atom is 0.416 e. The molecule has 0 aliphatic carbocycles. The maximum absolute atomic E-state index is 12.4. The van der Waals surface area contributed by atoms with E-state index in [1.807, 2.05) is 0 Å². The molecule has 1 heterocycles. The van der Waals surface area contributed by atoms with Gasteiger partial charge in [-0.1, -0.05) is 0 Å². The Bertz CT molecular complexity index is 588. The highest BCUT2D eigenvalue weighted by atomic mass is 19.4. The fraction of sp³-hybridized carbons (Fsp3) is 0.167. The highest BCUT2D eigenvalue weighted by Crippen LogP contribution is 2.30. The molecule has 0 saturated heterocycles. The van der Waals surface area contributed by atoms with Crippen molar-refractivity contribution in [3.8, 4) is 11.4 Å². The van der Waals surface area contributed by atoms with Gasteiger partial charge in [-0.3, -0.25) is 4.79 Å². The molecule has 0 bridgehead atoms. The van der Waals surface area contributed by atoms with Gasteiger partial charge in [0.2, 0.25) is 0 Å². The fourth-order valence-electron chi connectivity index (χ4n) is 1.61. The second-order valence-electron chi connectivity index (χ2n) is 3.76. The summed E-state index contributed by atoms with van der Waals surface area (Å²) in [5, 5.41) is 3.95. The van der Waals surface area contributed by atoms with Crippen molar-refractivity contribution < 1.29 is 22.7 Å². The number of hydrogen-bond donors (Lipinski definition) is 0. The van der Waals surface area contributed by atoms with Crippen molar-refractivity contribution in [2.45, 2.75) is 13.1 Å². The first-order valence-corrected chi connectivity index (χ1v) is 5.26. The monoisotopic (exact) mass is 270 g/mol. The molecule has 1 aromatic carbocycles. The smallest absolute Gasteiger partial charge is 0.416 e. The van der Waals surface area contributed by atoms with Crippen LogP contribution in [-0.4, -0.2) is 16.3 Å². The molecule has 0 N–H and O–H groups in total. The van der Waals surface area contributed by atoms with Gasteiger partial charge in [0, 0.05) is 0 Å². The highest BCUT2D eigenvalue weighted by molar-refractivity contribution is 5.47. The van der Waals surface area contributed by atoms with Gasteiger partial charge in [-0.25, -0.2) is 4.68 Å². The van der Waals surface area contributed by atoms with Crippen molar-refractivity contribution in [1.82, 2.24) is 9.78 Å². The quantitative estimate of drug-likeness (QED) is 0.805. The number of carbonyl (C=O) groups is 1. The van der Waals surface area contributed by atoms with Crippen LogP contribution in [0.1, 0.15) is 11.3 Å². The number of alkyl halides is 3. The van der Waals surface area contributed by atoms with Crippen LogP contribution in [0.5, 0.6) is 5.75 Å². The molecule has 0 saturated carbocycles. The van der Waals surface area contributed by atoms with E-state index in [-0.39, 0.29) is 12.2 Å². The molecule has 0 aliphatic rings. The van der Waals surface area contributed by atoms with Gasteiger partial charge in [-0.2, -0.15) is 18.3 Å². The van der Waals surface area contributed by atoms with E-state index < -0.39 is 11.7 Å². The second kappa shape index (κ2) is 4.75. The number of ether oxygens (including phenoxy) is 1. The zero-order chi connectivity index (χ0) is 14.0. The third-order valence-corrected chi connectivity index (χ3v) is 2.58. The summed E-state index contributed by atoms with van der Waals surface area (Å²) < 4.78 is 43.3. The van der Waals surface area contributed by atoms with Crippen LogP contribution in [0.2, 0.25) is 0 Å². The number of hydrogen-bond acceptors (Lipinski definition) is 3. The number of aromatic nitrogens is 2. The lowest BCUT2D eigenvalue weighted by molar-refractivity contribution is -0.137. The minimum Gasteiger partial charge on any atom is -0.425 e. The van der Waals surface area contributed by atoms with E-state index in [2.05, 4.69) is 9.84 Å². The molecule has 0 fully saturated rings. The molecule has 0 radical (unpaired) electrons. The molecule has 0 aliphatic heterocycles. The predicted octanol–water partition coefficient (Wildman–Crippen LogP) is 2.73. The molecule has 4 nitrogen and oxygen atoms in total. The minimum absolute atomic E-state index is 0.259. The number of halogens is 3. The topological polar surface area (TPSA) is 44.1 Å². The zero-order valence-corrected chi connectivity index (χ0v) is 9.81.